The summed E-state index contributed by atoms with van der Waals surface area (Å²) in [5.74, 6) is 0. The van der Waals surface area contributed by atoms with Gasteiger partial charge in [0.05, 0.1) is 0 Å². The van der Waals surface area contributed by atoms with Gasteiger partial charge in [-0.25, -0.2) is 4.79 Å². The third kappa shape index (κ3) is 7.92. The largest absolute Gasteiger partial charge is 0.483 e. The Balaban J connectivity index is 0.000000873. The first-order chi connectivity index (χ1) is 8.22. The molecule has 1 aliphatic rings. The number of nitrogens with one attached hydrogen (secondary N) is 1. The maximum Gasteiger partial charge on any atom is 0.408 e. The van der Waals surface area contributed by atoms with Crippen molar-refractivity contribution in [3.05, 3.63) is 0 Å². The van der Waals surface area contributed by atoms with Gasteiger partial charge in [0.1, 0.15) is 5.60 Å². The zero-order chi connectivity index (χ0) is 14.2. The second-order valence-electron chi connectivity index (χ2n) is 5.85. The van der Waals surface area contributed by atoms with E-state index < -0.39 is 5.60 Å². The number of carbonyl (C=O) groups excluding carboxylic acids is 1. The van der Waals surface area contributed by atoms with E-state index in [2.05, 4.69) is 12.2 Å². The molecule has 0 atom stereocenters. The van der Waals surface area contributed by atoms with Crippen LogP contribution in [0.15, 0.2) is 0 Å². The molecule has 2 N–H and O–H groups in total. The Labute approximate surface area is 109 Å². The predicted octanol–water partition coefficient (Wildman–Crippen LogP) is 2.93. The van der Waals surface area contributed by atoms with Crippen molar-refractivity contribution in [1.82, 2.24) is 5.32 Å². The van der Waals surface area contributed by atoms with Crippen molar-refractivity contribution >= 4 is 12.6 Å². The second-order valence-corrected chi connectivity index (χ2v) is 5.85. The van der Waals surface area contributed by atoms with Crippen LogP contribution in [0.25, 0.3) is 0 Å². The van der Waals surface area contributed by atoms with E-state index in [4.69, 9.17) is 14.6 Å². The van der Waals surface area contributed by atoms with Gasteiger partial charge in [-0.15, -0.1) is 0 Å². The summed E-state index contributed by atoms with van der Waals surface area (Å²) < 4.78 is 5.26. The molecule has 1 saturated carbocycles. The Kier molecular flexibility index (Phi) is 6.73. The topological polar surface area (TPSA) is 75.6 Å². The van der Waals surface area contributed by atoms with E-state index in [-0.39, 0.29) is 18.1 Å². The van der Waals surface area contributed by atoms with Crippen molar-refractivity contribution in [2.45, 2.75) is 70.9 Å². The van der Waals surface area contributed by atoms with Crippen LogP contribution in [0.2, 0.25) is 0 Å². The zero-order valence-corrected chi connectivity index (χ0v) is 11.8. The molecule has 0 spiro atoms. The molecular formula is C13H25NO4. The highest BCUT2D eigenvalue weighted by molar-refractivity contribution is 5.68. The van der Waals surface area contributed by atoms with E-state index >= 15 is 0 Å². The Morgan fingerprint density at radius 1 is 1.28 bits per heavy atom. The van der Waals surface area contributed by atoms with Crippen LogP contribution in [0.1, 0.15) is 59.8 Å². The number of amides is 1. The Morgan fingerprint density at radius 2 is 1.72 bits per heavy atom. The van der Waals surface area contributed by atoms with E-state index in [1.807, 2.05) is 20.8 Å². The van der Waals surface area contributed by atoms with Crippen molar-refractivity contribution in [3.8, 4) is 0 Å². The van der Waals surface area contributed by atoms with Crippen LogP contribution in [-0.2, 0) is 9.53 Å². The number of hydrogen-bond acceptors (Lipinski definition) is 3. The summed E-state index contributed by atoms with van der Waals surface area (Å²) in [5.41, 5.74) is -0.463. The predicted molar refractivity (Wildman–Crippen MR) is 69.6 cm³/mol. The van der Waals surface area contributed by atoms with Crippen LogP contribution in [0.4, 0.5) is 4.79 Å². The molecule has 0 radical (unpaired) electrons. The van der Waals surface area contributed by atoms with Crippen LogP contribution in [0.3, 0.4) is 0 Å². The standard InChI is InChI=1S/C12H23NO2.CH2O2/c1-11(2,3)15-10(14)13-12(4)8-6-5-7-9-12;2-1-3/h5-9H2,1-4H3,(H,13,14);1H,(H,2,3). The number of alkyl carbamates (subject to hydrolysis) is 1. The van der Waals surface area contributed by atoms with Crippen LogP contribution in [0, 0.1) is 0 Å². The Hall–Kier alpha value is -1.26. The second kappa shape index (κ2) is 7.24. The number of hydrogen-bond donors (Lipinski definition) is 2. The minimum Gasteiger partial charge on any atom is -0.483 e. The number of ether oxygens (including phenoxy) is 1. The summed E-state index contributed by atoms with van der Waals surface area (Å²) in [5, 5.41) is 9.88. The SMILES string of the molecule is CC1(NC(=O)OC(C)(C)C)CCCCC1.O=CO. The lowest BCUT2D eigenvalue weighted by Gasteiger charge is -2.35. The van der Waals surface area contributed by atoms with Crippen LogP contribution in [-0.4, -0.2) is 28.8 Å². The normalized spacial score (nSPS) is 18.0. The maximum atomic E-state index is 11.6. The fraction of sp³-hybridized carbons (Fsp3) is 0.846. The summed E-state index contributed by atoms with van der Waals surface area (Å²) in [6.45, 7) is 7.51. The van der Waals surface area contributed by atoms with Gasteiger partial charge in [0, 0.05) is 5.54 Å². The lowest BCUT2D eigenvalue weighted by atomic mass is 9.83. The fourth-order valence-electron chi connectivity index (χ4n) is 2.01. The summed E-state index contributed by atoms with van der Waals surface area (Å²) >= 11 is 0. The zero-order valence-electron chi connectivity index (χ0n) is 11.8. The van der Waals surface area contributed by atoms with Crippen molar-refractivity contribution in [2.24, 2.45) is 0 Å². The molecule has 0 aliphatic heterocycles. The number of rotatable bonds is 1. The molecule has 1 aliphatic carbocycles. The maximum absolute atomic E-state index is 11.6. The highest BCUT2D eigenvalue weighted by Crippen LogP contribution is 2.27. The van der Waals surface area contributed by atoms with E-state index in [0.717, 1.165) is 12.8 Å². The summed E-state index contributed by atoms with van der Waals surface area (Å²) in [4.78, 5) is 20.0. The number of carboxylic acid groups (broad SMARTS) is 1. The first-order valence-corrected chi connectivity index (χ1v) is 6.31. The highest BCUT2D eigenvalue weighted by atomic mass is 16.6. The van der Waals surface area contributed by atoms with E-state index in [0.29, 0.717) is 0 Å². The van der Waals surface area contributed by atoms with Crippen molar-refractivity contribution < 1.29 is 19.4 Å². The van der Waals surface area contributed by atoms with E-state index in [1.54, 1.807) is 0 Å². The van der Waals surface area contributed by atoms with Crippen molar-refractivity contribution in [2.75, 3.05) is 0 Å². The van der Waals surface area contributed by atoms with Crippen LogP contribution < -0.4 is 5.32 Å². The lowest BCUT2D eigenvalue weighted by Crippen LogP contribution is -2.48. The van der Waals surface area contributed by atoms with Crippen molar-refractivity contribution in [1.29, 1.82) is 0 Å². The Morgan fingerprint density at radius 3 is 2.11 bits per heavy atom. The molecule has 1 amide bonds. The average Bonchev–Trinajstić information content (AvgIpc) is 2.15. The van der Waals surface area contributed by atoms with Crippen LogP contribution in [0.5, 0.6) is 0 Å². The molecule has 0 aromatic rings. The monoisotopic (exact) mass is 259 g/mol. The summed E-state index contributed by atoms with van der Waals surface area (Å²) in [6, 6.07) is 0. The first kappa shape index (κ1) is 16.7. The van der Waals surface area contributed by atoms with Gasteiger partial charge in [0.2, 0.25) is 0 Å². The molecule has 0 heterocycles. The smallest absolute Gasteiger partial charge is 0.408 e. The van der Waals surface area contributed by atoms with E-state index in [1.165, 1.54) is 19.3 Å². The quantitative estimate of drug-likeness (QED) is 0.710. The molecule has 1 rings (SSSR count). The highest BCUT2D eigenvalue weighted by Gasteiger charge is 2.30. The molecule has 18 heavy (non-hydrogen) atoms. The van der Waals surface area contributed by atoms with Gasteiger partial charge in [-0.3, -0.25) is 4.79 Å². The molecule has 1 fully saturated rings. The first-order valence-electron chi connectivity index (χ1n) is 6.31. The molecule has 0 bridgehead atoms. The third-order valence-corrected chi connectivity index (χ3v) is 2.76. The average molecular weight is 259 g/mol. The summed E-state index contributed by atoms with van der Waals surface area (Å²) in [7, 11) is 0. The van der Waals surface area contributed by atoms with Gasteiger partial charge in [-0.05, 0) is 40.5 Å². The van der Waals surface area contributed by atoms with Gasteiger partial charge >= 0.3 is 6.09 Å². The van der Waals surface area contributed by atoms with Gasteiger partial charge in [0.15, 0.2) is 0 Å². The van der Waals surface area contributed by atoms with E-state index in [9.17, 15) is 4.79 Å². The van der Waals surface area contributed by atoms with Crippen LogP contribution >= 0.6 is 0 Å². The van der Waals surface area contributed by atoms with Gasteiger partial charge < -0.3 is 15.2 Å². The number of carbonyl (C=O) groups is 2. The molecule has 5 nitrogen and oxygen atoms in total. The molecular weight excluding hydrogens is 234 g/mol. The van der Waals surface area contributed by atoms with Gasteiger partial charge in [0.25, 0.3) is 6.47 Å². The molecule has 0 aromatic carbocycles. The van der Waals surface area contributed by atoms with Gasteiger partial charge in [-0.1, -0.05) is 19.3 Å². The fourth-order valence-corrected chi connectivity index (χ4v) is 2.01. The van der Waals surface area contributed by atoms with Crippen molar-refractivity contribution in [3.63, 3.8) is 0 Å². The minimum atomic E-state index is -0.408. The minimum absolute atomic E-state index is 0.0550. The molecule has 0 saturated heterocycles. The Bertz CT molecular complexity index is 265. The molecule has 5 heteroatoms. The molecule has 0 aromatic heterocycles. The summed E-state index contributed by atoms with van der Waals surface area (Å²) in [6.07, 6.45) is 5.52. The molecule has 0 unspecified atom stereocenters. The van der Waals surface area contributed by atoms with Gasteiger partial charge in [-0.2, -0.15) is 0 Å². The third-order valence-electron chi connectivity index (χ3n) is 2.76. The lowest BCUT2D eigenvalue weighted by molar-refractivity contribution is -0.122. The molecule has 106 valence electrons.